The molecule has 25 heavy (non-hydrogen) atoms. The maximum atomic E-state index is 13.0. The van der Waals surface area contributed by atoms with E-state index in [1.807, 2.05) is 38.4 Å². The maximum Gasteiger partial charge on any atom is 0.240 e. The zero-order valence-corrected chi connectivity index (χ0v) is 15.1. The largest absolute Gasteiger partial charge is 0.352 e. The fourth-order valence-corrected chi connectivity index (χ4v) is 3.61. The number of rotatable bonds is 5. The van der Waals surface area contributed by atoms with Crippen LogP contribution in [-0.4, -0.2) is 29.0 Å². The van der Waals surface area contributed by atoms with Gasteiger partial charge in [-0.2, -0.15) is 0 Å². The lowest BCUT2D eigenvalue weighted by Crippen LogP contribution is -2.61. The topological polar surface area (TPSA) is 54.0 Å². The number of piperidine rings is 1. The molecule has 1 unspecified atom stereocenters. The van der Waals surface area contributed by atoms with Crippen molar-refractivity contribution >= 4 is 5.91 Å². The van der Waals surface area contributed by atoms with Crippen molar-refractivity contribution in [1.82, 2.24) is 15.6 Å². The van der Waals surface area contributed by atoms with E-state index in [1.165, 1.54) is 11.1 Å². The molecule has 3 rings (SSSR count). The monoisotopic (exact) mass is 337 g/mol. The average Bonchev–Trinajstić information content (AvgIpc) is 2.63. The Morgan fingerprint density at radius 1 is 1.20 bits per heavy atom. The highest BCUT2D eigenvalue weighted by molar-refractivity contribution is 5.87. The Bertz CT molecular complexity index is 706. The molecule has 1 atom stereocenters. The third kappa shape index (κ3) is 4.07. The van der Waals surface area contributed by atoms with E-state index < -0.39 is 5.54 Å². The number of amides is 1. The number of carbonyl (C=O) groups is 1. The van der Waals surface area contributed by atoms with E-state index in [0.29, 0.717) is 6.42 Å². The number of carbonyl (C=O) groups excluding carboxylic acids is 1. The van der Waals surface area contributed by atoms with Gasteiger partial charge >= 0.3 is 0 Å². The van der Waals surface area contributed by atoms with Crippen molar-refractivity contribution in [3.8, 4) is 11.1 Å². The van der Waals surface area contributed by atoms with Crippen molar-refractivity contribution in [2.45, 2.75) is 51.1 Å². The molecule has 0 bridgehead atoms. The van der Waals surface area contributed by atoms with Crippen molar-refractivity contribution in [3.05, 3.63) is 54.4 Å². The van der Waals surface area contributed by atoms with E-state index in [1.54, 1.807) is 0 Å². The minimum atomic E-state index is -0.522. The lowest BCUT2D eigenvalue weighted by molar-refractivity contribution is -0.129. The van der Waals surface area contributed by atoms with Crippen molar-refractivity contribution in [1.29, 1.82) is 0 Å². The van der Waals surface area contributed by atoms with E-state index in [4.69, 9.17) is 0 Å². The van der Waals surface area contributed by atoms with Gasteiger partial charge in [-0.3, -0.25) is 9.78 Å². The summed E-state index contributed by atoms with van der Waals surface area (Å²) in [5.41, 5.74) is 2.99. The summed E-state index contributed by atoms with van der Waals surface area (Å²) in [7, 11) is 0. The van der Waals surface area contributed by atoms with Crippen LogP contribution in [0.5, 0.6) is 0 Å². The van der Waals surface area contributed by atoms with E-state index >= 15 is 0 Å². The fourth-order valence-electron chi connectivity index (χ4n) is 3.61. The van der Waals surface area contributed by atoms with Crippen LogP contribution in [0.1, 0.15) is 38.7 Å². The zero-order chi connectivity index (χ0) is 17.7. The second-order valence-electron chi connectivity index (χ2n) is 7.16. The number of nitrogens with zero attached hydrogens (tertiary/aromatic N) is 1. The standard InChI is InChI=1S/C21H27N3O/c1-16(2)24-20(25)21(11-5-6-12-23-21)15-18-7-3-4-8-19(18)17-9-13-22-14-10-17/h3-4,7-10,13-14,16,23H,5-6,11-12,15H2,1-2H3,(H,24,25). The molecule has 1 saturated heterocycles. The van der Waals surface area contributed by atoms with Crippen LogP contribution in [0.3, 0.4) is 0 Å². The minimum Gasteiger partial charge on any atom is -0.352 e. The highest BCUT2D eigenvalue weighted by atomic mass is 16.2. The van der Waals surface area contributed by atoms with Crippen LogP contribution in [0.4, 0.5) is 0 Å². The minimum absolute atomic E-state index is 0.117. The second kappa shape index (κ2) is 7.79. The molecule has 1 aromatic carbocycles. The van der Waals surface area contributed by atoms with Gasteiger partial charge in [-0.1, -0.05) is 24.3 Å². The van der Waals surface area contributed by atoms with Crippen molar-refractivity contribution in [2.24, 2.45) is 0 Å². The number of nitrogens with one attached hydrogen (secondary N) is 2. The molecule has 2 aromatic rings. The van der Waals surface area contributed by atoms with Gasteiger partial charge in [0.2, 0.25) is 5.91 Å². The van der Waals surface area contributed by atoms with Gasteiger partial charge in [0.05, 0.1) is 0 Å². The summed E-state index contributed by atoms with van der Waals surface area (Å²) >= 11 is 0. The van der Waals surface area contributed by atoms with Gasteiger partial charge in [-0.15, -0.1) is 0 Å². The Hall–Kier alpha value is -2.20. The van der Waals surface area contributed by atoms with E-state index in [0.717, 1.165) is 31.4 Å². The highest BCUT2D eigenvalue weighted by Gasteiger charge is 2.40. The van der Waals surface area contributed by atoms with Crippen LogP contribution in [0.15, 0.2) is 48.8 Å². The van der Waals surface area contributed by atoms with E-state index in [9.17, 15) is 4.79 Å². The summed E-state index contributed by atoms with van der Waals surface area (Å²) in [4.78, 5) is 17.1. The maximum absolute atomic E-state index is 13.0. The summed E-state index contributed by atoms with van der Waals surface area (Å²) in [6.07, 6.45) is 7.40. The molecule has 1 aliphatic rings. The SMILES string of the molecule is CC(C)NC(=O)C1(Cc2ccccc2-c2ccncc2)CCCCN1. The van der Waals surface area contributed by atoms with Crippen LogP contribution >= 0.6 is 0 Å². The molecule has 132 valence electrons. The summed E-state index contributed by atoms with van der Waals surface area (Å²) in [6, 6.07) is 12.6. The first-order chi connectivity index (χ1) is 12.1. The Kier molecular flexibility index (Phi) is 5.49. The van der Waals surface area contributed by atoms with Crippen LogP contribution in [0, 0.1) is 0 Å². The van der Waals surface area contributed by atoms with Gasteiger partial charge in [0.25, 0.3) is 0 Å². The summed E-state index contributed by atoms with van der Waals surface area (Å²) in [5.74, 6) is 0.117. The fraction of sp³-hybridized carbons (Fsp3) is 0.429. The quantitative estimate of drug-likeness (QED) is 0.880. The molecule has 0 aliphatic carbocycles. The first kappa shape index (κ1) is 17.6. The number of aromatic nitrogens is 1. The predicted molar refractivity (Wildman–Crippen MR) is 101 cm³/mol. The number of hydrogen-bond donors (Lipinski definition) is 2. The summed E-state index contributed by atoms with van der Waals surface area (Å²) < 4.78 is 0. The first-order valence-electron chi connectivity index (χ1n) is 9.15. The molecule has 1 aromatic heterocycles. The smallest absolute Gasteiger partial charge is 0.240 e. The van der Waals surface area contributed by atoms with Crippen molar-refractivity contribution in [3.63, 3.8) is 0 Å². The Balaban J connectivity index is 1.94. The first-order valence-corrected chi connectivity index (χ1v) is 9.15. The lowest BCUT2D eigenvalue weighted by atomic mass is 9.80. The molecule has 4 nitrogen and oxygen atoms in total. The van der Waals surface area contributed by atoms with Gasteiger partial charge in [-0.25, -0.2) is 0 Å². The van der Waals surface area contributed by atoms with Gasteiger partial charge in [0, 0.05) is 24.9 Å². The number of pyridine rings is 1. The molecular formula is C21H27N3O. The number of benzene rings is 1. The molecule has 1 aliphatic heterocycles. The summed E-state index contributed by atoms with van der Waals surface area (Å²) in [6.45, 7) is 4.92. The third-order valence-electron chi connectivity index (χ3n) is 4.85. The molecule has 4 heteroatoms. The zero-order valence-electron chi connectivity index (χ0n) is 15.1. The van der Waals surface area contributed by atoms with E-state index in [2.05, 4.69) is 39.9 Å². The normalized spacial score (nSPS) is 20.4. The molecular weight excluding hydrogens is 310 g/mol. The molecule has 2 N–H and O–H groups in total. The molecule has 2 heterocycles. The van der Waals surface area contributed by atoms with Crippen LogP contribution in [0.2, 0.25) is 0 Å². The lowest BCUT2D eigenvalue weighted by Gasteiger charge is -2.38. The van der Waals surface area contributed by atoms with Crippen LogP contribution in [0.25, 0.3) is 11.1 Å². The Labute approximate surface area is 150 Å². The average molecular weight is 337 g/mol. The van der Waals surface area contributed by atoms with Gasteiger partial charge in [0.1, 0.15) is 5.54 Å². The van der Waals surface area contributed by atoms with Gasteiger partial charge < -0.3 is 10.6 Å². The highest BCUT2D eigenvalue weighted by Crippen LogP contribution is 2.30. The molecule has 0 radical (unpaired) electrons. The molecule has 0 spiro atoms. The molecule has 1 fully saturated rings. The second-order valence-corrected chi connectivity index (χ2v) is 7.16. The Morgan fingerprint density at radius 3 is 2.64 bits per heavy atom. The van der Waals surface area contributed by atoms with Crippen molar-refractivity contribution in [2.75, 3.05) is 6.54 Å². The Morgan fingerprint density at radius 2 is 1.96 bits per heavy atom. The third-order valence-corrected chi connectivity index (χ3v) is 4.85. The molecule has 0 saturated carbocycles. The van der Waals surface area contributed by atoms with Gasteiger partial charge in [-0.05, 0) is 68.5 Å². The number of hydrogen-bond acceptors (Lipinski definition) is 3. The summed E-state index contributed by atoms with van der Waals surface area (Å²) in [5, 5.41) is 6.66. The van der Waals surface area contributed by atoms with E-state index in [-0.39, 0.29) is 11.9 Å². The van der Waals surface area contributed by atoms with Crippen LogP contribution < -0.4 is 10.6 Å². The van der Waals surface area contributed by atoms with Crippen LogP contribution in [-0.2, 0) is 11.2 Å². The molecule has 1 amide bonds. The predicted octanol–water partition coefficient (Wildman–Crippen LogP) is 3.33. The van der Waals surface area contributed by atoms with Gasteiger partial charge in [0.15, 0.2) is 0 Å². The van der Waals surface area contributed by atoms with Crippen molar-refractivity contribution < 1.29 is 4.79 Å².